The number of hydrogen-bond donors (Lipinski definition) is 0. The van der Waals surface area contributed by atoms with E-state index in [4.69, 9.17) is 39.3 Å². The van der Waals surface area contributed by atoms with Crippen LogP contribution in [0.5, 0.6) is 0 Å². The fourth-order valence-corrected chi connectivity index (χ4v) is 1.54. The third kappa shape index (κ3) is 2.21. The summed E-state index contributed by atoms with van der Waals surface area (Å²) < 4.78 is 4.95. The maximum Gasteiger partial charge on any atom is 0.274 e. The summed E-state index contributed by atoms with van der Waals surface area (Å²) in [5, 5.41) is 3.68. The van der Waals surface area contributed by atoms with Gasteiger partial charge in [0, 0.05) is 11.6 Å². The van der Waals surface area contributed by atoms with E-state index in [0.29, 0.717) is 21.4 Å². The van der Waals surface area contributed by atoms with E-state index < -0.39 is 5.24 Å². The Labute approximate surface area is 106 Å². The zero-order valence-corrected chi connectivity index (χ0v) is 9.97. The zero-order valence-electron chi connectivity index (χ0n) is 7.71. The summed E-state index contributed by atoms with van der Waals surface area (Å²) in [5.41, 5.74) is 0.730. The molecule has 0 atom stereocenters. The lowest BCUT2D eigenvalue weighted by Crippen LogP contribution is -1.85. The Morgan fingerprint density at radius 3 is 2.50 bits per heavy atom. The van der Waals surface area contributed by atoms with Gasteiger partial charge in [-0.05, 0) is 29.8 Å². The quantitative estimate of drug-likeness (QED) is 0.778. The molecule has 1 aromatic carbocycles. The van der Waals surface area contributed by atoms with Crippen molar-refractivity contribution in [2.75, 3.05) is 0 Å². The van der Waals surface area contributed by atoms with Crippen molar-refractivity contribution in [2.45, 2.75) is 0 Å². The summed E-state index contributed by atoms with van der Waals surface area (Å²) in [5.74, 6) is 0.405. The average Bonchev–Trinajstić information content (AvgIpc) is 2.71. The van der Waals surface area contributed by atoms with E-state index in [1.165, 1.54) is 6.07 Å². The molecule has 82 valence electrons. The van der Waals surface area contributed by atoms with Crippen molar-refractivity contribution < 1.29 is 9.32 Å². The molecule has 2 aromatic rings. The molecule has 0 spiro atoms. The minimum Gasteiger partial charge on any atom is -0.356 e. The second-order valence-corrected chi connectivity index (χ2v) is 4.14. The van der Waals surface area contributed by atoms with E-state index in [1.54, 1.807) is 18.2 Å². The van der Waals surface area contributed by atoms with Crippen LogP contribution in [0.2, 0.25) is 10.0 Å². The maximum atomic E-state index is 10.8. The number of rotatable bonds is 2. The van der Waals surface area contributed by atoms with Crippen LogP contribution in [-0.4, -0.2) is 10.4 Å². The second kappa shape index (κ2) is 4.45. The Balaban J connectivity index is 2.42. The van der Waals surface area contributed by atoms with Crippen molar-refractivity contribution in [3.63, 3.8) is 0 Å². The Bertz CT molecular complexity index is 551. The van der Waals surface area contributed by atoms with Gasteiger partial charge in [0.1, 0.15) is 0 Å². The summed E-state index contributed by atoms with van der Waals surface area (Å²) >= 11 is 16.9. The van der Waals surface area contributed by atoms with Gasteiger partial charge >= 0.3 is 0 Å². The number of carbonyl (C=O) groups excluding carboxylic acids is 1. The van der Waals surface area contributed by atoms with Crippen LogP contribution >= 0.6 is 34.8 Å². The molecule has 2 rings (SSSR count). The third-order valence-electron chi connectivity index (χ3n) is 1.92. The molecule has 0 bridgehead atoms. The largest absolute Gasteiger partial charge is 0.356 e. The SMILES string of the molecule is O=C(Cl)c1cc(-c2ccc(Cl)c(Cl)c2)on1. The molecular weight excluding hydrogens is 272 g/mol. The van der Waals surface area contributed by atoms with E-state index in [9.17, 15) is 4.79 Å². The molecule has 16 heavy (non-hydrogen) atoms. The Kier molecular flexibility index (Phi) is 3.19. The minimum absolute atomic E-state index is 0.0581. The van der Waals surface area contributed by atoms with Crippen molar-refractivity contribution in [3.8, 4) is 11.3 Å². The van der Waals surface area contributed by atoms with Crippen LogP contribution in [-0.2, 0) is 0 Å². The fraction of sp³-hybridized carbons (Fsp3) is 0. The molecule has 0 saturated heterocycles. The van der Waals surface area contributed by atoms with Crippen molar-refractivity contribution in [1.82, 2.24) is 5.16 Å². The van der Waals surface area contributed by atoms with Crippen LogP contribution in [0.4, 0.5) is 0 Å². The fourth-order valence-electron chi connectivity index (χ4n) is 1.15. The van der Waals surface area contributed by atoms with E-state index >= 15 is 0 Å². The molecular formula is C10H4Cl3NO2. The van der Waals surface area contributed by atoms with Gasteiger partial charge in [-0.2, -0.15) is 0 Å². The summed E-state index contributed by atoms with van der Waals surface area (Å²) in [6, 6.07) is 6.39. The Morgan fingerprint density at radius 1 is 1.19 bits per heavy atom. The van der Waals surface area contributed by atoms with Gasteiger partial charge in [-0.25, -0.2) is 0 Å². The molecule has 0 aliphatic heterocycles. The van der Waals surface area contributed by atoms with Gasteiger partial charge in [-0.3, -0.25) is 4.79 Å². The normalized spacial score (nSPS) is 10.4. The van der Waals surface area contributed by atoms with Gasteiger partial charge in [0.2, 0.25) is 0 Å². The molecule has 0 unspecified atom stereocenters. The van der Waals surface area contributed by atoms with E-state index in [2.05, 4.69) is 5.16 Å². The lowest BCUT2D eigenvalue weighted by atomic mass is 10.1. The molecule has 1 heterocycles. The summed E-state index contributed by atoms with van der Waals surface area (Å²) in [6.07, 6.45) is 0. The molecule has 0 aliphatic carbocycles. The van der Waals surface area contributed by atoms with E-state index in [0.717, 1.165) is 0 Å². The molecule has 0 amide bonds. The average molecular weight is 277 g/mol. The predicted molar refractivity (Wildman–Crippen MR) is 62.1 cm³/mol. The van der Waals surface area contributed by atoms with Gasteiger partial charge < -0.3 is 4.52 Å². The van der Waals surface area contributed by atoms with Crippen molar-refractivity contribution in [1.29, 1.82) is 0 Å². The van der Waals surface area contributed by atoms with E-state index in [-0.39, 0.29) is 5.69 Å². The summed E-state index contributed by atoms with van der Waals surface area (Å²) in [6.45, 7) is 0. The molecule has 0 saturated carbocycles. The number of halogens is 3. The Hall–Kier alpha value is -1.03. The highest BCUT2D eigenvalue weighted by atomic mass is 35.5. The minimum atomic E-state index is -0.671. The summed E-state index contributed by atoms with van der Waals surface area (Å²) in [4.78, 5) is 10.8. The first-order valence-electron chi connectivity index (χ1n) is 4.20. The molecule has 0 aliphatic rings. The van der Waals surface area contributed by atoms with Gasteiger partial charge in [0.05, 0.1) is 10.0 Å². The molecule has 0 radical (unpaired) electrons. The first-order chi connectivity index (χ1) is 7.58. The first kappa shape index (κ1) is 11.5. The standard InChI is InChI=1S/C10H4Cl3NO2/c11-6-2-1-5(3-7(6)12)9-4-8(10(13)15)14-16-9/h1-4H. The van der Waals surface area contributed by atoms with Crippen LogP contribution in [0, 0.1) is 0 Å². The number of hydrogen-bond acceptors (Lipinski definition) is 3. The van der Waals surface area contributed by atoms with E-state index in [1.807, 2.05) is 0 Å². The van der Waals surface area contributed by atoms with Crippen molar-refractivity contribution in [3.05, 3.63) is 40.0 Å². The second-order valence-electron chi connectivity index (χ2n) is 2.98. The monoisotopic (exact) mass is 275 g/mol. The predicted octanol–water partition coefficient (Wildman–Crippen LogP) is 4.03. The highest BCUT2D eigenvalue weighted by molar-refractivity contribution is 6.67. The first-order valence-corrected chi connectivity index (χ1v) is 5.33. The molecule has 1 aromatic heterocycles. The molecule has 0 N–H and O–H groups in total. The number of nitrogens with zero attached hydrogens (tertiary/aromatic N) is 1. The molecule has 6 heteroatoms. The lowest BCUT2D eigenvalue weighted by molar-refractivity contribution is 0.107. The topological polar surface area (TPSA) is 43.1 Å². The van der Waals surface area contributed by atoms with Gasteiger partial charge in [0.25, 0.3) is 5.24 Å². The van der Waals surface area contributed by atoms with Crippen molar-refractivity contribution >= 4 is 40.0 Å². The third-order valence-corrected chi connectivity index (χ3v) is 2.85. The van der Waals surface area contributed by atoms with Gasteiger partial charge in [-0.1, -0.05) is 28.4 Å². The number of aromatic nitrogens is 1. The lowest BCUT2D eigenvalue weighted by Gasteiger charge is -1.97. The van der Waals surface area contributed by atoms with Gasteiger partial charge in [-0.15, -0.1) is 0 Å². The molecule has 0 fully saturated rings. The Morgan fingerprint density at radius 2 is 1.94 bits per heavy atom. The highest BCUT2D eigenvalue weighted by Crippen LogP contribution is 2.28. The summed E-state index contributed by atoms with van der Waals surface area (Å²) in [7, 11) is 0. The smallest absolute Gasteiger partial charge is 0.274 e. The van der Waals surface area contributed by atoms with Crippen LogP contribution < -0.4 is 0 Å². The van der Waals surface area contributed by atoms with Crippen LogP contribution in [0.25, 0.3) is 11.3 Å². The van der Waals surface area contributed by atoms with Gasteiger partial charge in [0.15, 0.2) is 11.5 Å². The zero-order chi connectivity index (χ0) is 11.7. The maximum absolute atomic E-state index is 10.8. The number of benzene rings is 1. The molecule has 3 nitrogen and oxygen atoms in total. The van der Waals surface area contributed by atoms with Crippen LogP contribution in [0.15, 0.2) is 28.8 Å². The van der Waals surface area contributed by atoms with Crippen LogP contribution in [0.3, 0.4) is 0 Å². The highest BCUT2D eigenvalue weighted by Gasteiger charge is 2.12. The van der Waals surface area contributed by atoms with Crippen molar-refractivity contribution in [2.24, 2.45) is 0 Å². The number of carbonyl (C=O) groups is 1. The van der Waals surface area contributed by atoms with Crippen LogP contribution in [0.1, 0.15) is 10.5 Å².